The lowest BCUT2D eigenvalue weighted by Gasteiger charge is -2.07. The van der Waals surface area contributed by atoms with Gasteiger partial charge in [0.15, 0.2) is 0 Å². The van der Waals surface area contributed by atoms with Gasteiger partial charge in [-0.25, -0.2) is 3.11 Å². The van der Waals surface area contributed by atoms with Crippen molar-refractivity contribution in [2.45, 2.75) is 16.9 Å². The second-order valence-electron chi connectivity index (χ2n) is 1.70. The van der Waals surface area contributed by atoms with Crippen LogP contribution < -0.4 is 0 Å². The summed E-state index contributed by atoms with van der Waals surface area (Å²) >= 11 is 4.86. The molecule has 0 saturated carbocycles. The predicted octanol–water partition coefficient (Wildman–Crippen LogP) is 2.19. The van der Waals surface area contributed by atoms with Crippen molar-refractivity contribution in [1.29, 1.82) is 0 Å². The third-order valence-corrected chi connectivity index (χ3v) is 4.63. The molecule has 0 aromatic rings. The average Bonchev–Trinajstić information content (AvgIpc) is 1.91. The zero-order valence-corrected chi connectivity index (χ0v) is 8.22. The third-order valence-electron chi connectivity index (χ3n) is 1.12. The van der Waals surface area contributed by atoms with Crippen LogP contribution in [0, 0.1) is 0 Å². The fraction of sp³-hybridized carbons (Fsp3) is 1.00. The molecule has 1 heterocycles. The van der Waals surface area contributed by atoms with E-state index in [0.29, 0.717) is 0 Å². The van der Waals surface area contributed by atoms with Gasteiger partial charge in [0.1, 0.15) is 0 Å². The van der Waals surface area contributed by atoms with Gasteiger partial charge in [-0.3, -0.25) is 0 Å². The van der Waals surface area contributed by atoms with Crippen LogP contribution in [0.25, 0.3) is 0 Å². The second-order valence-corrected chi connectivity index (χ2v) is 4.38. The van der Waals surface area contributed by atoms with Crippen LogP contribution in [0.15, 0.2) is 0 Å². The van der Waals surface area contributed by atoms with E-state index in [2.05, 4.69) is 48.6 Å². The Morgan fingerprint density at radius 3 is 2.43 bits per heavy atom. The molecule has 0 bridgehead atoms. The second kappa shape index (κ2) is 2.82. The highest BCUT2D eigenvalue weighted by Gasteiger charge is 2.17. The SMILES string of the molecule is I[C@H]1CCCN1I. The largest absolute Gasteiger partial charge is 0.235 e. The molecule has 1 nitrogen and oxygen atoms in total. The van der Waals surface area contributed by atoms with Crippen molar-refractivity contribution in [2.75, 3.05) is 6.54 Å². The van der Waals surface area contributed by atoms with Crippen LogP contribution in [-0.2, 0) is 0 Å². The number of hydrogen-bond acceptors (Lipinski definition) is 1. The lowest BCUT2D eigenvalue weighted by Crippen LogP contribution is -2.10. The molecule has 0 aromatic carbocycles. The summed E-state index contributed by atoms with van der Waals surface area (Å²) in [6, 6.07) is 0. The van der Waals surface area contributed by atoms with Gasteiger partial charge in [-0.15, -0.1) is 0 Å². The van der Waals surface area contributed by atoms with Gasteiger partial charge >= 0.3 is 0 Å². The first-order valence-electron chi connectivity index (χ1n) is 2.37. The van der Waals surface area contributed by atoms with Gasteiger partial charge in [0.2, 0.25) is 0 Å². The fourth-order valence-corrected chi connectivity index (χ4v) is 2.03. The minimum Gasteiger partial charge on any atom is -0.235 e. The average molecular weight is 323 g/mol. The Morgan fingerprint density at radius 1 is 1.57 bits per heavy atom. The Morgan fingerprint density at radius 2 is 2.29 bits per heavy atom. The fourth-order valence-electron chi connectivity index (χ4n) is 0.691. The van der Waals surface area contributed by atoms with Crippen LogP contribution >= 0.6 is 45.5 Å². The van der Waals surface area contributed by atoms with Gasteiger partial charge < -0.3 is 0 Å². The maximum atomic E-state index is 2.48. The Bertz CT molecular complexity index is 58.7. The van der Waals surface area contributed by atoms with E-state index in [4.69, 9.17) is 0 Å². The summed E-state index contributed by atoms with van der Waals surface area (Å²) in [5, 5.41) is 0. The Balaban J connectivity index is 2.33. The third kappa shape index (κ3) is 1.67. The van der Waals surface area contributed by atoms with Crippen LogP contribution in [0.4, 0.5) is 0 Å². The van der Waals surface area contributed by atoms with Crippen LogP contribution in [-0.4, -0.2) is 13.7 Å². The quantitative estimate of drug-likeness (QED) is 0.286. The van der Waals surface area contributed by atoms with Crippen LogP contribution in [0.5, 0.6) is 0 Å². The molecule has 1 aliphatic rings. The summed E-state index contributed by atoms with van der Waals surface area (Å²) in [5.74, 6) is 0. The van der Waals surface area contributed by atoms with Crippen molar-refractivity contribution in [1.82, 2.24) is 3.11 Å². The van der Waals surface area contributed by atoms with Crippen molar-refractivity contribution < 1.29 is 0 Å². The molecule has 1 atom stereocenters. The zero-order chi connectivity index (χ0) is 5.28. The molecule has 0 N–H and O–H groups in total. The van der Waals surface area contributed by atoms with Crippen molar-refractivity contribution in [3.05, 3.63) is 0 Å². The number of alkyl halides is 1. The molecule has 0 radical (unpaired) electrons. The molecule has 0 unspecified atom stereocenters. The van der Waals surface area contributed by atoms with Gasteiger partial charge in [0.25, 0.3) is 0 Å². The number of rotatable bonds is 0. The molecule has 42 valence electrons. The van der Waals surface area contributed by atoms with E-state index in [1.165, 1.54) is 19.4 Å². The molecule has 1 aliphatic heterocycles. The van der Waals surface area contributed by atoms with Crippen molar-refractivity contribution in [3.8, 4) is 0 Å². The number of nitrogens with zero attached hydrogens (tertiary/aromatic N) is 1. The predicted molar refractivity (Wildman–Crippen MR) is 47.8 cm³/mol. The molecular formula is C4H7I2N. The van der Waals surface area contributed by atoms with Crippen molar-refractivity contribution in [2.24, 2.45) is 0 Å². The van der Waals surface area contributed by atoms with Gasteiger partial charge in [-0.1, -0.05) is 22.6 Å². The van der Waals surface area contributed by atoms with Crippen molar-refractivity contribution >= 4 is 45.5 Å². The highest BCUT2D eigenvalue weighted by Crippen LogP contribution is 2.25. The summed E-state index contributed by atoms with van der Waals surface area (Å²) in [6.45, 7) is 1.29. The normalized spacial score (nSPS) is 34.3. The summed E-state index contributed by atoms with van der Waals surface area (Å²) < 4.78 is 3.16. The Hall–Kier alpha value is 1.42. The van der Waals surface area contributed by atoms with Gasteiger partial charge in [-0.2, -0.15) is 0 Å². The van der Waals surface area contributed by atoms with E-state index in [1.807, 2.05) is 0 Å². The van der Waals surface area contributed by atoms with E-state index < -0.39 is 0 Å². The lowest BCUT2D eigenvalue weighted by atomic mass is 10.4. The summed E-state index contributed by atoms with van der Waals surface area (Å²) in [6.07, 6.45) is 2.76. The van der Waals surface area contributed by atoms with E-state index in [9.17, 15) is 0 Å². The smallest absolute Gasteiger partial charge is 0.0709 e. The van der Waals surface area contributed by atoms with Crippen LogP contribution in [0.2, 0.25) is 0 Å². The molecule has 1 rings (SSSR count). The van der Waals surface area contributed by atoms with Crippen LogP contribution in [0.3, 0.4) is 0 Å². The van der Waals surface area contributed by atoms with Gasteiger partial charge in [0, 0.05) is 29.4 Å². The molecule has 3 heteroatoms. The zero-order valence-electron chi connectivity index (χ0n) is 3.90. The highest BCUT2D eigenvalue weighted by molar-refractivity contribution is 14.1. The topological polar surface area (TPSA) is 3.24 Å². The van der Waals surface area contributed by atoms with Gasteiger partial charge in [-0.05, 0) is 12.8 Å². The van der Waals surface area contributed by atoms with E-state index in [0.717, 1.165) is 4.05 Å². The molecule has 1 saturated heterocycles. The summed E-state index contributed by atoms with van der Waals surface area (Å²) in [5.41, 5.74) is 0. The number of halogens is 2. The Kier molecular flexibility index (Phi) is 2.63. The first-order valence-corrected chi connectivity index (χ1v) is 4.58. The molecule has 7 heavy (non-hydrogen) atoms. The summed E-state index contributed by atoms with van der Waals surface area (Å²) in [7, 11) is 0. The maximum absolute atomic E-state index is 2.48. The molecule has 0 spiro atoms. The molecule has 1 fully saturated rings. The number of hydrogen-bond donors (Lipinski definition) is 0. The van der Waals surface area contributed by atoms with E-state index in [1.54, 1.807) is 0 Å². The standard InChI is InChI=1S/C4H7I2N/c5-4-2-1-3-7(4)6/h4H,1-3H2/t4-/m1/s1. The maximum Gasteiger partial charge on any atom is 0.0709 e. The minimum atomic E-state index is 0.804. The van der Waals surface area contributed by atoms with Crippen molar-refractivity contribution in [3.63, 3.8) is 0 Å². The minimum absolute atomic E-state index is 0.804. The molecular weight excluding hydrogens is 316 g/mol. The molecule has 0 aliphatic carbocycles. The molecule has 0 aromatic heterocycles. The first-order chi connectivity index (χ1) is 3.30. The first kappa shape index (κ1) is 6.54. The van der Waals surface area contributed by atoms with Crippen LogP contribution in [0.1, 0.15) is 12.8 Å². The van der Waals surface area contributed by atoms with E-state index in [-0.39, 0.29) is 0 Å². The lowest BCUT2D eigenvalue weighted by molar-refractivity contribution is 0.616. The van der Waals surface area contributed by atoms with Gasteiger partial charge in [0.05, 0.1) is 4.05 Å². The Labute approximate surface area is 71.5 Å². The van der Waals surface area contributed by atoms with E-state index >= 15 is 0 Å². The molecule has 0 amide bonds. The highest BCUT2D eigenvalue weighted by atomic mass is 127. The monoisotopic (exact) mass is 323 g/mol. The summed E-state index contributed by atoms with van der Waals surface area (Å²) in [4.78, 5) is 0.